The number of ether oxygens (including phenoxy) is 1. The van der Waals surface area contributed by atoms with Crippen LogP contribution in [0.2, 0.25) is 0 Å². The van der Waals surface area contributed by atoms with Gasteiger partial charge in [-0.05, 0) is 57.6 Å². The predicted octanol–water partition coefficient (Wildman–Crippen LogP) is 5.46. The van der Waals surface area contributed by atoms with E-state index in [-0.39, 0.29) is 0 Å². The third-order valence-electron chi connectivity index (χ3n) is 5.54. The summed E-state index contributed by atoms with van der Waals surface area (Å²) < 4.78 is 6.16. The van der Waals surface area contributed by atoms with Crippen LogP contribution in [0.3, 0.4) is 0 Å². The van der Waals surface area contributed by atoms with Crippen molar-refractivity contribution < 1.29 is 4.74 Å². The van der Waals surface area contributed by atoms with E-state index in [1.165, 1.54) is 16.7 Å². The molecule has 154 valence electrons. The molecule has 4 heteroatoms. The van der Waals surface area contributed by atoms with E-state index in [4.69, 9.17) is 9.72 Å². The molecule has 4 nitrogen and oxygen atoms in total. The number of hydrogen-bond donors (Lipinski definition) is 1. The van der Waals surface area contributed by atoms with Gasteiger partial charge in [0.05, 0.1) is 11.0 Å². The summed E-state index contributed by atoms with van der Waals surface area (Å²) in [6.07, 6.45) is 0.815. The molecule has 0 aliphatic heterocycles. The minimum atomic E-state index is 0.336. The third-order valence-corrected chi connectivity index (χ3v) is 5.54. The van der Waals surface area contributed by atoms with Gasteiger partial charge in [-0.2, -0.15) is 0 Å². The van der Waals surface area contributed by atoms with E-state index < -0.39 is 0 Å². The van der Waals surface area contributed by atoms with Crippen LogP contribution in [-0.4, -0.2) is 41.6 Å². The van der Waals surface area contributed by atoms with Crippen molar-refractivity contribution in [2.75, 3.05) is 20.7 Å². The smallest absolute Gasteiger partial charge is 0.138 e. The number of benzene rings is 3. The Hall–Kier alpha value is -3.11. The second-order valence-corrected chi connectivity index (χ2v) is 8.22. The summed E-state index contributed by atoms with van der Waals surface area (Å²) in [6.45, 7) is 4.91. The Bertz CT molecular complexity index is 1130. The van der Waals surface area contributed by atoms with Crippen LogP contribution in [-0.2, 0) is 6.42 Å². The van der Waals surface area contributed by atoms with Gasteiger partial charge in [-0.1, -0.05) is 54.1 Å². The number of aromatic amines is 1. The van der Waals surface area contributed by atoms with Crippen LogP contribution >= 0.6 is 0 Å². The van der Waals surface area contributed by atoms with Crippen LogP contribution in [0, 0.1) is 6.92 Å². The maximum Gasteiger partial charge on any atom is 0.138 e. The molecule has 1 aromatic heterocycles. The number of fused-ring (bicyclic) bond motifs is 1. The number of H-pyrrole nitrogens is 1. The first-order chi connectivity index (χ1) is 14.5. The lowest BCUT2D eigenvalue weighted by Gasteiger charge is -2.20. The largest absolute Gasteiger partial charge is 0.492 e. The Morgan fingerprint density at radius 3 is 2.53 bits per heavy atom. The van der Waals surface area contributed by atoms with E-state index in [0.717, 1.165) is 34.6 Å². The Morgan fingerprint density at radius 1 is 1.00 bits per heavy atom. The molecular weight excluding hydrogens is 370 g/mol. The van der Waals surface area contributed by atoms with Crippen LogP contribution in [0.5, 0.6) is 5.75 Å². The van der Waals surface area contributed by atoms with Crippen molar-refractivity contribution in [2.45, 2.75) is 26.3 Å². The fourth-order valence-electron chi connectivity index (χ4n) is 3.49. The first-order valence-electron chi connectivity index (χ1n) is 10.4. The van der Waals surface area contributed by atoms with Gasteiger partial charge >= 0.3 is 0 Å². The topological polar surface area (TPSA) is 41.1 Å². The zero-order valence-electron chi connectivity index (χ0n) is 18.1. The Kier molecular flexibility index (Phi) is 5.86. The first kappa shape index (κ1) is 20.2. The van der Waals surface area contributed by atoms with Gasteiger partial charge in [0.1, 0.15) is 18.2 Å². The van der Waals surface area contributed by atoms with E-state index in [1.54, 1.807) is 0 Å². The summed E-state index contributed by atoms with van der Waals surface area (Å²) >= 11 is 0. The van der Waals surface area contributed by atoms with E-state index in [2.05, 4.69) is 98.5 Å². The first-order valence-corrected chi connectivity index (χ1v) is 10.4. The van der Waals surface area contributed by atoms with Gasteiger partial charge in [0.2, 0.25) is 0 Å². The lowest BCUT2D eigenvalue weighted by molar-refractivity contribution is 0.198. The number of imidazole rings is 1. The standard InChI is InChI=1S/C26H29N3O/c1-18-9-8-12-21(13-18)26-27-24-16-23(30-17-19(2)29(3)4)15-22(25(24)28-26)14-20-10-6-5-7-11-20/h5-13,15-16,19H,14,17H2,1-4H3,(H,27,28). The maximum absolute atomic E-state index is 6.16. The quantitative estimate of drug-likeness (QED) is 0.449. The molecule has 0 bridgehead atoms. The average molecular weight is 400 g/mol. The molecule has 0 saturated heterocycles. The Balaban J connectivity index is 1.74. The minimum Gasteiger partial charge on any atom is -0.492 e. The van der Waals surface area contributed by atoms with Gasteiger partial charge in [0.15, 0.2) is 0 Å². The molecule has 0 radical (unpaired) electrons. The van der Waals surface area contributed by atoms with Crippen molar-refractivity contribution in [3.63, 3.8) is 0 Å². The third kappa shape index (κ3) is 4.55. The molecule has 0 amide bonds. The van der Waals surface area contributed by atoms with E-state index in [9.17, 15) is 0 Å². The molecular formula is C26H29N3O. The zero-order valence-corrected chi connectivity index (χ0v) is 18.1. The molecule has 1 unspecified atom stereocenters. The van der Waals surface area contributed by atoms with Gasteiger partial charge in [-0.25, -0.2) is 4.98 Å². The second-order valence-electron chi connectivity index (χ2n) is 8.22. The molecule has 3 aromatic carbocycles. The number of likely N-dealkylation sites (N-methyl/N-ethyl adjacent to an activating group) is 1. The lowest BCUT2D eigenvalue weighted by Crippen LogP contribution is -2.30. The maximum atomic E-state index is 6.16. The minimum absolute atomic E-state index is 0.336. The zero-order chi connectivity index (χ0) is 21.1. The molecule has 30 heavy (non-hydrogen) atoms. The van der Waals surface area contributed by atoms with Gasteiger partial charge in [0.25, 0.3) is 0 Å². The molecule has 1 heterocycles. The van der Waals surface area contributed by atoms with Crippen LogP contribution in [0.1, 0.15) is 23.6 Å². The van der Waals surface area contributed by atoms with E-state index >= 15 is 0 Å². The van der Waals surface area contributed by atoms with Crippen LogP contribution < -0.4 is 4.74 Å². The van der Waals surface area contributed by atoms with Crippen molar-refractivity contribution in [1.82, 2.24) is 14.9 Å². The summed E-state index contributed by atoms with van der Waals surface area (Å²) in [5.74, 6) is 1.77. The highest BCUT2D eigenvalue weighted by Crippen LogP contribution is 2.29. The fourth-order valence-corrected chi connectivity index (χ4v) is 3.49. The molecule has 1 atom stereocenters. The summed E-state index contributed by atoms with van der Waals surface area (Å²) in [6, 6.07) is 23.5. The predicted molar refractivity (Wildman–Crippen MR) is 124 cm³/mol. The summed E-state index contributed by atoms with van der Waals surface area (Å²) in [5.41, 5.74) is 6.76. The highest BCUT2D eigenvalue weighted by atomic mass is 16.5. The van der Waals surface area contributed by atoms with Gasteiger partial charge in [-0.3, -0.25) is 0 Å². The van der Waals surface area contributed by atoms with Crippen LogP contribution in [0.15, 0.2) is 66.7 Å². The summed E-state index contributed by atoms with van der Waals surface area (Å²) in [5, 5.41) is 0. The SMILES string of the molecule is Cc1cccc(-c2nc3c(Cc4ccccc4)cc(OCC(C)N(C)C)cc3[nH]2)c1. The number of rotatable bonds is 7. The van der Waals surface area contributed by atoms with Crippen LogP contribution in [0.4, 0.5) is 0 Å². The fraction of sp³-hybridized carbons (Fsp3) is 0.269. The molecule has 1 N–H and O–H groups in total. The molecule has 4 rings (SSSR count). The number of aromatic nitrogens is 2. The van der Waals surface area contributed by atoms with Crippen LogP contribution in [0.25, 0.3) is 22.4 Å². The number of aryl methyl sites for hydroxylation is 1. The van der Waals surface area contributed by atoms with Crippen molar-refractivity contribution >= 4 is 11.0 Å². The lowest BCUT2D eigenvalue weighted by atomic mass is 10.0. The normalized spacial score (nSPS) is 12.4. The molecule has 0 aliphatic carbocycles. The van der Waals surface area contributed by atoms with Crippen molar-refractivity contribution in [1.29, 1.82) is 0 Å². The van der Waals surface area contributed by atoms with E-state index in [1.807, 2.05) is 6.07 Å². The van der Waals surface area contributed by atoms with Gasteiger partial charge in [0, 0.05) is 17.7 Å². The van der Waals surface area contributed by atoms with E-state index in [0.29, 0.717) is 12.6 Å². The monoisotopic (exact) mass is 399 g/mol. The second kappa shape index (κ2) is 8.72. The number of nitrogens with zero attached hydrogens (tertiary/aromatic N) is 2. The van der Waals surface area contributed by atoms with Crippen molar-refractivity contribution in [3.8, 4) is 17.1 Å². The Labute approximate surface area is 178 Å². The highest BCUT2D eigenvalue weighted by Gasteiger charge is 2.14. The molecule has 4 aromatic rings. The molecule has 0 spiro atoms. The number of nitrogens with one attached hydrogen (secondary N) is 1. The Morgan fingerprint density at radius 2 is 1.80 bits per heavy atom. The molecule has 0 saturated carbocycles. The summed E-state index contributed by atoms with van der Waals surface area (Å²) in [7, 11) is 4.14. The van der Waals surface area contributed by atoms with Gasteiger partial charge in [-0.15, -0.1) is 0 Å². The average Bonchev–Trinajstić information content (AvgIpc) is 3.17. The summed E-state index contributed by atoms with van der Waals surface area (Å²) in [4.78, 5) is 10.6. The number of hydrogen-bond acceptors (Lipinski definition) is 3. The molecule has 0 aliphatic rings. The van der Waals surface area contributed by atoms with Crippen molar-refractivity contribution in [2.24, 2.45) is 0 Å². The molecule has 0 fully saturated rings. The highest BCUT2D eigenvalue weighted by molar-refractivity contribution is 5.84. The van der Waals surface area contributed by atoms with Crippen molar-refractivity contribution in [3.05, 3.63) is 83.4 Å². The van der Waals surface area contributed by atoms with Gasteiger partial charge < -0.3 is 14.6 Å².